The van der Waals surface area contributed by atoms with Gasteiger partial charge >= 0.3 is 0 Å². The molecule has 2 fully saturated rings. The molecule has 6 unspecified atom stereocenters. The zero-order valence-corrected chi connectivity index (χ0v) is 24.2. The number of aliphatic hydroxyl groups is 2. The predicted molar refractivity (Wildman–Crippen MR) is 119 cm³/mol. The van der Waals surface area contributed by atoms with Crippen LogP contribution >= 0.6 is 27.7 Å². The largest absolute Gasteiger partial charge is 0.508 e. The van der Waals surface area contributed by atoms with Crippen LogP contribution in [0.2, 0.25) is 0 Å². The standard InChI is InChI=1S/C24H27BrO3S.Ac/c1-24-11-10-17-16-7-4-14(26)12-18(16)22(28)23(21(17)19(24)8-9-20(24)27)29-15-5-2-13(25)3-6-15;/h2-7,12,17,19-23,26-28H,8-11H2,1H3;/t17?,19?,20?,21?,22?,23?,24-;/m0./s1. The molecule has 0 aliphatic heterocycles. The molecule has 3 aliphatic carbocycles. The summed E-state index contributed by atoms with van der Waals surface area (Å²) in [7, 11) is 0. The van der Waals surface area contributed by atoms with Gasteiger partial charge in [0.2, 0.25) is 0 Å². The maximum absolute atomic E-state index is 11.5. The van der Waals surface area contributed by atoms with E-state index in [1.165, 1.54) is 5.56 Å². The average molecular weight is 702 g/mol. The summed E-state index contributed by atoms with van der Waals surface area (Å²) in [5.41, 5.74) is 2.01. The molecule has 0 bridgehead atoms. The molecule has 6 heteroatoms. The molecule has 2 saturated carbocycles. The fourth-order valence-electron chi connectivity index (χ4n) is 6.34. The molecule has 2 aromatic carbocycles. The first-order valence-corrected chi connectivity index (χ1v) is 12.2. The Hall–Kier alpha value is 0.432. The van der Waals surface area contributed by atoms with Gasteiger partial charge < -0.3 is 15.3 Å². The Labute approximate surface area is 226 Å². The van der Waals surface area contributed by atoms with Crippen molar-refractivity contribution in [1.82, 2.24) is 0 Å². The molecule has 0 amide bonds. The van der Waals surface area contributed by atoms with E-state index in [4.69, 9.17) is 0 Å². The molecular formula is C24H27AcBrO3S. The van der Waals surface area contributed by atoms with Gasteiger partial charge in [0.1, 0.15) is 5.75 Å². The Morgan fingerprint density at radius 1 is 1.00 bits per heavy atom. The van der Waals surface area contributed by atoms with Crippen LogP contribution in [0.3, 0.4) is 0 Å². The summed E-state index contributed by atoms with van der Waals surface area (Å²) in [5.74, 6) is 1.29. The Balaban J connectivity index is 0.00000218. The number of phenols is 1. The molecule has 0 aromatic heterocycles. The number of phenolic OH excluding ortho intramolecular Hbond substituents is 1. The third-order valence-electron chi connectivity index (χ3n) is 7.85. The molecule has 7 atom stereocenters. The molecule has 3 N–H and O–H groups in total. The first kappa shape index (κ1) is 23.6. The van der Waals surface area contributed by atoms with Gasteiger partial charge in [-0.05, 0) is 96.4 Å². The minimum absolute atomic E-state index is 0. The fraction of sp³-hybridized carbons (Fsp3) is 0.500. The third-order valence-corrected chi connectivity index (χ3v) is 9.76. The van der Waals surface area contributed by atoms with Crippen molar-refractivity contribution in [2.75, 3.05) is 0 Å². The smallest absolute Gasteiger partial charge is 0.115 e. The average Bonchev–Trinajstić information content (AvgIpc) is 3.01. The summed E-state index contributed by atoms with van der Waals surface area (Å²) >= 11 is 5.25. The van der Waals surface area contributed by atoms with Crippen molar-refractivity contribution in [2.24, 2.45) is 17.3 Å². The Morgan fingerprint density at radius 3 is 2.47 bits per heavy atom. The number of hydrogen-bond donors (Lipinski definition) is 3. The van der Waals surface area contributed by atoms with Crippen LogP contribution in [0.15, 0.2) is 51.8 Å². The molecule has 1 radical (unpaired) electrons. The first-order chi connectivity index (χ1) is 13.9. The van der Waals surface area contributed by atoms with E-state index in [9.17, 15) is 15.3 Å². The predicted octanol–water partition coefficient (Wildman–Crippen LogP) is 5.63. The molecule has 5 rings (SSSR count). The zero-order chi connectivity index (χ0) is 20.3. The zero-order valence-electron chi connectivity index (χ0n) is 17.0. The van der Waals surface area contributed by atoms with Crippen molar-refractivity contribution >= 4 is 27.7 Å². The van der Waals surface area contributed by atoms with E-state index in [-0.39, 0.29) is 66.6 Å². The molecule has 3 aliphatic rings. The van der Waals surface area contributed by atoms with Crippen LogP contribution in [-0.2, 0) is 0 Å². The second-order valence-corrected chi connectivity index (χ2v) is 11.4. The van der Waals surface area contributed by atoms with Crippen LogP contribution in [0.4, 0.5) is 0 Å². The monoisotopic (exact) mass is 701 g/mol. The number of benzene rings is 2. The van der Waals surface area contributed by atoms with E-state index in [2.05, 4.69) is 35.0 Å². The van der Waals surface area contributed by atoms with Crippen molar-refractivity contribution < 1.29 is 59.4 Å². The summed E-state index contributed by atoms with van der Waals surface area (Å²) in [6, 6.07) is 13.8. The normalized spacial score (nSPS) is 36.9. The van der Waals surface area contributed by atoms with Crippen molar-refractivity contribution in [1.29, 1.82) is 0 Å². The van der Waals surface area contributed by atoms with Crippen LogP contribution < -0.4 is 0 Å². The van der Waals surface area contributed by atoms with Gasteiger partial charge in [0, 0.05) is 58.7 Å². The third kappa shape index (κ3) is 3.86. The Kier molecular flexibility index (Phi) is 7.07. The van der Waals surface area contributed by atoms with E-state index in [1.54, 1.807) is 23.9 Å². The van der Waals surface area contributed by atoms with Gasteiger partial charge in [-0.1, -0.05) is 28.9 Å². The second-order valence-electron chi connectivity index (χ2n) is 9.22. The van der Waals surface area contributed by atoms with E-state index in [1.807, 2.05) is 18.2 Å². The maximum atomic E-state index is 11.5. The summed E-state index contributed by atoms with van der Waals surface area (Å²) < 4.78 is 1.04. The molecular weight excluding hydrogens is 675 g/mol. The van der Waals surface area contributed by atoms with Gasteiger partial charge in [0.25, 0.3) is 0 Å². The van der Waals surface area contributed by atoms with Crippen molar-refractivity contribution in [3.05, 3.63) is 58.1 Å². The summed E-state index contributed by atoms with van der Waals surface area (Å²) in [4.78, 5) is 1.14. The number of hydrogen-bond acceptors (Lipinski definition) is 4. The number of aromatic hydroxyl groups is 1. The number of halogens is 1. The quantitative estimate of drug-likeness (QED) is 0.380. The van der Waals surface area contributed by atoms with Gasteiger partial charge in [-0.3, -0.25) is 0 Å². The summed E-state index contributed by atoms with van der Waals surface area (Å²) in [6.07, 6.45) is 3.05. The van der Waals surface area contributed by atoms with Gasteiger partial charge in [0.05, 0.1) is 12.2 Å². The van der Waals surface area contributed by atoms with Crippen molar-refractivity contribution in [2.45, 2.75) is 60.9 Å². The molecule has 157 valence electrons. The Morgan fingerprint density at radius 2 is 1.73 bits per heavy atom. The van der Waals surface area contributed by atoms with Crippen LogP contribution in [0.25, 0.3) is 0 Å². The topological polar surface area (TPSA) is 60.7 Å². The second kappa shape index (κ2) is 8.99. The first-order valence-electron chi connectivity index (χ1n) is 10.5. The minimum atomic E-state index is -0.632. The molecule has 2 aromatic rings. The molecule has 3 nitrogen and oxygen atoms in total. The van der Waals surface area contributed by atoms with Gasteiger partial charge in [-0.2, -0.15) is 0 Å². The van der Waals surface area contributed by atoms with Crippen molar-refractivity contribution in [3.8, 4) is 5.75 Å². The molecule has 30 heavy (non-hydrogen) atoms. The Bertz CT molecular complexity index is 923. The maximum Gasteiger partial charge on any atom is 0.115 e. The van der Waals surface area contributed by atoms with Gasteiger partial charge in [-0.25, -0.2) is 0 Å². The summed E-state index contributed by atoms with van der Waals surface area (Å²) in [5, 5.41) is 32.3. The van der Waals surface area contributed by atoms with Crippen LogP contribution in [0.1, 0.15) is 55.8 Å². The molecule has 0 saturated heterocycles. The van der Waals surface area contributed by atoms with E-state index >= 15 is 0 Å². The fourth-order valence-corrected chi connectivity index (χ4v) is 8.03. The number of thioether (sulfide) groups is 1. The number of rotatable bonds is 2. The minimum Gasteiger partial charge on any atom is -0.508 e. The van der Waals surface area contributed by atoms with E-state index in [0.717, 1.165) is 40.6 Å². The van der Waals surface area contributed by atoms with Crippen LogP contribution in [0.5, 0.6) is 5.75 Å². The number of fused-ring (bicyclic) bond motifs is 5. The summed E-state index contributed by atoms with van der Waals surface area (Å²) in [6.45, 7) is 2.26. The molecule has 0 heterocycles. The van der Waals surface area contributed by atoms with E-state index in [0.29, 0.717) is 17.8 Å². The van der Waals surface area contributed by atoms with E-state index < -0.39 is 6.10 Å². The van der Waals surface area contributed by atoms with Crippen LogP contribution in [0, 0.1) is 61.3 Å². The van der Waals surface area contributed by atoms with Crippen molar-refractivity contribution in [3.63, 3.8) is 0 Å². The SMILES string of the molecule is C[C@]12CCC3c4ccc(O)cc4C(O)C(Sc4ccc(Br)cc4)C3C1CCC2O.[Ac]. The van der Waals surface area contributed by atoms with Crippen LogP contribution in [-0.4, -0.2) is 26.7 Å². The number of aliphatic hydroxyl groups excluding tert-OH is 2. The van der Waals surface area contributed by atoms with Gasteiger partial charge in [0.15, 0.2) is 0 Å². The molecule has 0 spiro atoms. The van der Waals surface area contributed by atoms with Gasteiger partial charge in [-0.15, -0.1) is 11.8 Å².